The number of aliphatic hydroxyl groups excluding tert-OH is 2. The molecule has 37 heavy (non-hydrogen) atoms. The summed E-state index contributed by atoms with van der Waals surface area (Å²) in [7, 11) is 2.83. The Morgan fingerprint density at radius 2 is 1.43 bits per heavy atom. The number of anilines is 2. The summed E-state index contributed by atoms with van der Waals surface area (Å²) in [5.41, 5.74) is -0.367. The highest BCUT2D eigenvalue weighted by Gasteiger charge is 2.30. The average molecular weight is 527 g/mol. The second-order valence-corrected chi connectivity index (χ2v) is 8.03. The average Bonchev–Trinajstić information content (AvgIpc) is 2.88. The van der Waals surface area contributed by atoms with E-state index >= 15 is 0 Å². The fourth-order valence-corrected chi connectivity index (χ4v) is 2.91. The molecule has 1 fully saturated rings. The minimum atomic E-state index is -0.715. The maximum atomic E-state index is 11.0. The van der Waals surface area contributed by atoms with E-state index in [9.17, 15) is 20.2 Å². The van der Waals surface area contributed by atoms with Crippen molar-refractivity contribution >= 4 is 23.0 Å². The van der Waals surface area contributed by atoms with E-state index in [0.29, 0.717) is 19.1 Å². The summed E-state index contributed by atoms with van der Waals surface area (Å²) >= 11 is 0. The van der Waals surface area contributed by atoms with Gasteiger partial charge in [-0.3, -0.25) is 20.2 Å². The Kier molecular flexibility index (Phi) is 10.7. The van der Waals surface area contributed by atoms with Gasteiger partial charge >= 0.3 is 11.4 Å². The van der Waals surface area contributed by atoms with Crippen LogP contribution in [0.3, 0.4) is 0 Å². The molecule has 1 aliphatic rings. The van der Waals surface area contributed by atoms with Crippen molar-refractivity contribution in [3.8, 4) is 11.8 Å². The first-order valence-corrected chi connectivity index (χ1v) is 10.9. The van der Waals surface area contributed by atoms with Crippen LogP contribution in [-0.2, 0) is 9.47 Å². The summed E-state index contributed by atoms with van der Waals surface area (Å²) < 4.78 is 20.8. The second-order valence-electron chi connectivity index (χ2n) is 8.03. The van der Waals surface area contributed by atoms with Gasteiger partial charge in [0.05, 0.1) is 62.6 Å². The third-order valence-electron chi connectivity index (χ3n) is 4.90. The molecule has 2 aromatic rings. The summed E-state index contributed by atoms with van der Waals surface area (Å²) in [5.74, 6) is -0.0381. The van der Waals surface area contributed by atoms with Crippen molar-refractivity contribution in [1.82, 2.24) is 9.97 Å². The van der Waals surface area contributed by atoms with E-state index in [1.54, 1.807) is 0 Å². The maximum absolute atomic E-state index is 11.0. The Morgan fingerprint density at radius 1 is 0.973 bits per heavy atom. The third kappa shape index (κ3) is 8.64. The molecule has 16 heteroatoms. The van der Waals surface area contributed by atoms with E-state index < -0.39 is 21.7 Å². The normalized spacial score (nSPS) is 14.8. The van der Waals surface area contributed by atoms with E-state index in [2.05, 4.69) is 20.6 Å². The maximum Gasteiger partial charge on any atom is 0.311 e. The highest BCUT2D eigenvalue weighted by Crippen LogP contribution is 2.27. The Labute approximate surface area is 211 Å². The van der Waals surface area contributed by atoms with Gasteiger partial charge in [0.1, 0.15) is 0 Å². The van der Waals surface area contributed by atoms with Crippen molar-refractivity contribution in [2.24, 2.45) is 0 Å². The van der Waals surface area contributed by atoms with Gasteiger partial charge in [-0.2, -0.15) is 9.97 Å². The lowest BCUT2D eigenvalue weighted by atomic mass is 10.2. The molecule has 0 aromatic carbocycles. The lowest BCUT2D eigenvalue weighted by molar-refractivity contribution is -0.384. The van der Waals surface area contributed by atoms with Crippen molar-refractivity contribution in [2.75, 3.05) is 51.3 Å². The number of hydrogen-bond donors (Lipinski definition) is 4. The lowest BCUT2D eigenvalue weighted by Crippen LogP contribution is -2.45. The molecule has 1 saturated heterocycles. The Balaban J connectivity index is 0.000000264. The Morgan fingerprint density at radius 3 is 1.86 bits per heavy atom. The number of nitrogens with zero attached hydrogens (tertiary/aromatic N) is 4. The zero-order valence-electron chi connectivity index (χ0n) is 20.7. The fraction of sp³-hybridized carbons (Fsp3) is 0.524. The van der Waals surface area contributed by atoms with Crippen LogP contribution in [0.4, 0.5) is 23.0 Å². The molecule has 0 unspecified atom stereocenters. The van der Waals surface area contributed by atoms with Crippen LogP contribution in [-0.4, -0.2) is 88.5 Å². The molecule has 0 atom stereocenters. The van der Waals surface area contributed by atoms with E-state index in [0.717, 1.165) is 0 Å². The highest BCUT2D eigenvalue weighted by atomic mass is 16.7. The number of nitro groups is 2. The molecule has 16 nitrogen and oxygen atoms in total. The molecular formula is C21H30N6O10. The van der Waals surface area contributed by atoms with Crippen molar-refractivity contribution in [3.63, 3.8) is 0 Å². The predicted octanol–water partition coefficient (Wildman–Crippen LogP) is 1.33. The molecule has 0 bridgehead atoms. The van der Waals surface area contributed by atoms with Gasteiger partial charge in [0, 0.05) is 24.3 Å². The van der Waals surface area contributed by atoms with Gasteiger partial charge in [-0.15, -0.1) is 0 Å². The Bertz CT molecular complexity index is 1060. The van der Waals surface area contributed by atoms with Gasteiger partial charge in [-0.1, -0.05) is 0 Å². The minimum Gasteiger partial charge on any atom is -0.481 e. The predicted molar refractivity (Wildman–Crippen MR) is 130 cm³/mol. The second kappa shape index (κ2) is 13.4. The molecule has 0 saturated carbocycles. The first kappa shape index (κ1) is 29.4. The zero-order valence-corrected chi connectivity index (χ0v) is 20.7. The molecule has 2 aromatic heterocycles. The molecule has 0 radical (unpaired) electrons. The van der Waals surface area contributed by atoms with Crippen LogP contribution >= 0.6 is 0 Å². The smallest absolute Gasteiger partial charge is 0.311 e. The number of aliphatic hydroxyl groups is 2. The number of nitrogens with one attached hydrogen (secondary N) is 2. The van der Waals surface area contributed by atoms with Crippen molar-refractivity contribution in [1.29, 1.82) is 0 Å². The van der Waals surface area contributed by atoms with Crippen molar-refractivity contribution in [2.45, 2.75) is 31.7 Å². The monoisotopic (exact) mass is 526 g/mol. The van der Waals surface area contributed by atoms with E-state index in [1.165, 1.54) is 38.5 Å². The van der Waals surface area contributed by atoms with Gasteiger partial charge < -0.3 is 39.8 Å². The molecule has 204 valence electrons. The molecule has 0 amide bonds. The van der Waals surface area contributed by atoms with Gasteiger partial charge in [-0.05, 0) is 13.8 Å². The highest BCUT2D eigenvalue weighted by molar-refractivity contribution is 5.58. The standard InChI is InChI=1S/C12H17N3O5.C9H13N3O5/c1-12(2)19-6-8(7-20-12)13-11-9(15(16)17)4-5-10(14-11)18-3;1-17-8-3-2-7(12(15)16)9(11-8)10-6(4-13)5-14/h4-5,8H,6-7H2,1-3H3,(H,13,14);2-3,6,13-14H,4-5H2,1H3,(H,10,11). The number of hydrogen-bond acceptors (Lipinski definition) is 14. The van der Waals surface area contributed by atoms with Crippen LogP contribution in [0.2, 0.25) is 0 Å². The van der Waals surface area contributed by atoms with Crippen LogP contribution in [0.1, 0.15) is 13.8 Å². The SMILES string of the molecule is COc1ccc([N+](=O)[O-])c(NC(CO)CO)n1.COc1ccc([N+](=O)[O-])c(NC2COC(C)(C)OC2)n1. The lowest BCUT2D eigenvalue weighted by Gasteiger charge is -2.35. The van der Waals surface area contributed by atoms with Gasteiger partial charge in [-0.25, -0.2) is 0 Å². The van der Waals surface area contributed by atoms with Crippen molar-refractivity contribution in [3.05, 3.63) is 44.5 Å². The zero-order chi connectivity index (χ0) is 27.6. The van der Waals surface area contributed by atoms with Crippen LogP contribution in [0.5, 0.6) is 11.8 Å². The van der Waals surface area contributed by atoms with Crippen LogP contribution in [0.15, 0.2) is 24.3 Å². The van der Waals surface area contributed by atoms with Crippen LogP contribution in [0.25, 0.3) is 0 Å². The molecule has 0 spiro atoms. The van der Waals surface area contributed by atoms with E-state index in [1.807, 2.05) is 13.8 Å². The molecule has 1 aliphatic heterocycles. The van der Waals surface area contributed by atoms with Crippen LogP contribution < -0.4 is 20.1 Å². The number of methoxy groups -OCH3 is 2. The van der Waals surface area contributed by atoms with E-state index in [4.69, 9.17) is 29.2 Å². The quantitative estimate of drug-likeness (QED) is 0.254. The first-order chi connectivity index (χ1) is 17.5. The molecule has 3 rings (SSSR count). The number of pyridine rings is 2. The van der Waals surface area contributed by atoms with Crippen molar-refractivity contribution < 1.29 is 39.0 Å². The summed E-state index contributed by atoms with van der Waals surface area (Å²) in [6.07, 6.45) is 0. The number of rotatable bonds is 10. The molecular weight excluding hydrogens is 496 g/mol. The Hall–Kier alpha value is -3.86. The van der Waals surface area contributed by atoms with E-state index in [-0.39, 0.29) is 48.1 Å². The largest absolute Gasteiger partial charge is 0.481 e. The minimum absolute atomic E-state index is 0.0533. The third-order valence-corrected chi connectivity index (χ3v) is 4.90. The molecule has 4 N–H and O–H groups in total. The number of aromatic nitrogens is 2. The van der Waals surface area contributed by atoms with Gasteiger partial charge in [0.15, 0.2) is 5.79 Å². The number of ether oxygens (including phenoxy) is 4. The molecule has 3 heterocycles. The summed E-state index contributed by atoms with van der Waals surface area (Å²) in [6.45, 7) is 3.65. The fourth-order valence-electron chi connectivity index (χ4n) is 2.91. The topological polar surface area (TPSA) is 214 Å². The summed E-state index contributed by atoms with van der Waals surface area (Å²) in [5, 5.41) is 45.0. The van der Waals surface area contributed by atoms with Crippen LogP contribution in [0, 0.1) is 20.2 Å². The van der Waals surface area contributed by atoms with Gasteiger partial charge in [0.25, 0.3) is 0 Å². The first-order valence-electron chi connectivity index (χ1n) is 10.9. The summed E-state index contributed by atoms with van der Waals surface area (Å²) in [6, 6.07) is 4.47. The van der Waals surface area contributed by atoms with Gasteiger partial charge in [0.2, 0.25) is 23.4 Å². The summed E-state index contributed by atoms with van der Waals surface area (Å²) in [4.78, 5) is 28.5. The molecule has 0 aliphatic carbocycles.